The number of nitrogens with two attached hydrogens (primary N) is 4. The highest BCUT2D eigenvalue weighted by atomic mass is 33.1. The van der Waals surface area contributed by atoms with E-state index >= 15 is 0 Å². The predicted molar refractivity (Wildman–Crippen MR) is 297 cm³/mol. The Hall–Kier alpha value is -7.39. The van der Waals surface area contributed by atoms with Crippen LogP contribution in [-0.2, 0) is 51.2 Å². The lowest BCUT2D eigenvalue weighted by atomic mass is 9.93. The number of nitrogens with zero attached hydrogens (tertiary/aromatic N) is 1. The molecule has 3 aromatic carbocycles. The largest absolute Gasteiger partial charge is 0.508 e. The molecular weight excluding hydrogens is 1050 g/mol. The van der Waals surface area contributed by atoms with Crippen molar-refractivity contribution in [3.05, 3.63) is 102 Å². The summed E-state index contributed by atoms with van der Waals surface area (Å²) in [6.45, 7) is 7.19. The summed E-state index contributed by atoms with van der Waals surface area (Å²) in [5.74, 6) is -8.71. The third kappa shape index (κ3) is 17.3. The number of carbonyl (C=O) groups excluding carboxylic acids is 8. The maximum absolute atomic E-state index is 14.9. The first-order valence-electron chi connectivity index (χ1n) is 25.1. The van der Waals surface area contributed by atoms with Gasteiger partial charge in [-0.2, -0.15) is 0 Å². The van der Waals surface area contributed by atoms with E-state index in [0.717, 1.165) is 27.2 Å². The molecule has 19 N–H and O–H groups in total. The molecule has 0 bridgehead atoms. The SMILES string of the molecule is C[C@H](c1ccccc1)[C@H](N)C(=O)NC1CSSC(C)(C)C(C(=O)N[C@H](C(N)=O)[C@@H](C)O)NC(=O)[C@H]([C@@H](C)O)NC(=O)C(CCCN=C(N)N)NC(=O)[C@@H](Cc2c[nH]c3ccccc23)NC(=O)C(Cc2ccc(O)cc2)NC1=O. The number of aliphatic hydroxyl groups is 2. The first-order chi connectivity index (χ1) is 36.9. The van der Waals surface area contributed by atoms with E-state index in [4.69, 9.17) is 22.9 Å². The zero-order chi connectivity index (χ0) is 57.4. The van der Waals surface area contributed by atoms with Gasteiger partial charge < -0.3 is 80.5 Å². The van der Waals surface area contributed by atoms with Gasteiger partial charge in [-0.25, -0.2) is 0 Å². The standard InChI is InChI=1S/C52H71N13O11S2/c1-26(30-12-7-6-8-13-30)39(53)48(74)62-38-25-77-78-52(4,5)42(50(76)63-40(27(2)66)43(54)69)65-49(75)41(28(3)67)64-44(70)35(16-11-21-57-51(55)56)59-46(72)37(23-31-24-58-34-15-10-9-14-33(31)34)61-45(71)36(60-47(38)73)22-29-17-19-32(68)20-18-29/h6-10,12-15,17-20,24,26-28,35-42,58,66-68H,11,16,21-23,25,53H2,1-5H3,(H2,54,69)(H,59,72)(H,60,73)(H,61,71)(H,62,74)(H,63,76)(H,64,70)(H,65,75)(H4,55,56,57)/t26-,27-,28-,35?,36?,37-,38?,39+,40+,41+,42?/m1/s1. The number of guanidine groups is 1. The van der Waals surface area contributed by atoms with Gasteiger partial charge in [0.15, 0.2) is 5.96 Å². The van der Waals surface area contributed by atoms with Crippen molar-refractivity contribution < 1.29 is 53.7 Å². The van der Waals surface area contributed by atoms with E-state index in [1.165, 1.54) is 52.0 Å². The number of rotatable bonds is 17. The average molecular weight is 1120 g/mol. The summed E-state index contributed by atoms with van der Waals surface area (Å²) < 4.78 is -1.45. The summed E-state index contributed by atoms with van der Waals surface area (Å²) in [6, 6.07) is 9.79. The van der Waals surface area contributed by atoms with E-state index in [-0.39, 0.29) is 49.7 Å². The maximum Gasteiger partial charge on any atom is 0.245 e. The number of phenols is 1. The summed E-state index contributed by atoms with van der Waals surface area (Å²) in [7, 11) is 1.92. The fraction of sp³-hybridized carbons (Fsp3) is 0.442. The second-order valence-electron chi connectivity index (χ2n) is 19.6. The molecule has 8 amide bonds. The number of aliphatic imine (C=N–C) groups is 1. The minimum absolute atomic E-state index is 0.00378. The molecule has 24 nitrogen and oxygen atoms in total. The molecular formula is C52H71N13O11S2. The van der Waals surface area contributed by atoms with E-state index in [9.17, 15) is 53.7 Å². The molecule has 0 radical (unpaired) electrons. The molecule has 4 aromatic rings. The molecule has 0 saturated carbocycles. The summed E-state index contributed by atoms with van der Waals surface area (Å²) >= 11 is 0. The maximum atomic E-state index is 14.9. The monoisotopic (exact) mass is 1120 g/mol. The highest BCUT2D eigenvalue weighted by Gasteiger charge is 2.43. The van der Waals surface area contributed by atoms with Crippen molar-refractivity contribution in [2.75, 3.05) is 12.3 Å². The minimum Gasteiger partial charge on any atom is -0.508 e. The Balaban J connectivity index is 1.65. The Morgan fingerprint density at radius 2 is 1.37 bits per heavy atom. The van der Waals surface area contributed by atoms with E-state index < -0.39 is 118 Å². The summed E-state index contributed by atoms with van der Waals surface area (Å²) in [4.78, 5) is 121. The van der Waals surface area contributed by atoms with E-state index in [1.54, 1.807) is 61.7 Å². The van der Waals surface area contributed by atoms with E-state index in [0.29, 0.717) is 22.0 Å². The normalized spacial score (nSPS) is 22.8. The molecule has 4 unspecified atom stereocenters. The molecule has 2 heterocycles. The molecule has 26 heteroatoms. The van der Waals surface area contributed by atoms with Crippen LogP contribution in [0, 0.1) is 0 Å². The Bertz CT molecular complexity index is 2780. The topological polar surface area (TPSA) is 414 Å². The quantitative estimate of drug-likeness (QED) is 0.0252. The number of carbonyl (C=O) groups is 8. The molecule has 0 spiro atoms. The van der Waals surface area contributed by atoms with Crippen LogP contribution in [-0.4, -0.2) is 151 Å². The van der Waals surface area contributed by atoms with Gasteiger partial charge >= 0.3 is 0 Å². The van der Waals surface area contributed by atoms with Crippen LogP contribution in [0.1, 0.15) is 70.1 Å². The number of hydrogen-bond donors (Lipinski definition) is 15. The molecule has 1 aromatic heterocycles. The molecule has 11 atom stereocenters. The van der Waals surface area contributed by atoms with Gasteiger partial charge in [-0.15, -0.1) is 0 Å². The number of para-hydroxylation sites is 1. The minimum atomic E-state index is -1.80. The summed E-state index contributed by atoms with van der Waals surface area (Å²) in [5, 5.41) is 50.8. The molecule has 0 aliphatic carbocycles. The van der Waals surface area contributed by atoms with Crippen LogP contribution < -0.4 is 60.2 Å². The molecule has 1 aliphatic heterocycles. The second kappa shape index (κ2) is 28.3. The third-order valence-corrected chi connectivity index (χ3v) is 16.3. The summed E-state index contributed by atoms with van der Waals surface area (Å²) in [5.41, 5.74) is 25.7. The van der Waals surface area contributed by atoms with Gasteiger partial charge in [0, 0.05) is 52.9 Å². The fourth-order valence-electron chi connectivity index (χ4n) is 8.45. The number of phenolic OH excluding ortho intramolecular Hbond substituents is 1. The van der Waals surface area contributed by atoms with Crippen LogP contribution in [0.3, 0.4) is 0 Å². The number of fused-ring (bicyclic) bond motifs is 1. The number of aliphatic hydroxyl groups excluding tert-OH is 2. The number of nitrogens with one attached hydrogen (secondary N) is 8. The zero-order valence-electron chi connectivity index (χ0n) is 43.9. The molecule has 422 valence electrons. The molecule has 78 heavy (non-hydrogen) atoms. The number of amides is 8. The highest BCUT2D eigenvalue weighted by Crippen LogP contribution is 2.39. The Labute approximate surface area is 459 Å². The first kappa shape index (κ1) is 61.5. The number of primary amides is 1. The number of aromatic hydroxyl groups is 1. The van der Waals surface area contributed by atoms with E-state index in [2.05, 4.69) is 47.2 Å². The van der Waals surface area contributed by atoms with Gasteiger partial charge in [0.25, 0.3) is 0 Å². The number of aromatic nitrogens is 1. The Kier molecular flexibility index (Phi) is 22.3. The number of aromatic amines is 1. The molecule has 1 aliphatic rings. The van der Waals surface area contributed by atoms with Gasteiger partial charge in [0.1, 0.15) is 48.0 Å². The van der Waals surface area contributed by atoms with Gasteiger partial charge in [-0.05, 0) is 75.4 Å². The summed E-state index contributed by atoms with van der Waals surface area (Å²) in [6.07, 6.45) is -1.93. The van der Waals surface area contributed by atoms with Crippen molar-refractivity contribution in [3.8, 4) is 5.75 Å². The van der Waals surface area contributed by atoms with Crippen molar-refractivity contribution in [2.24, 2.45) is 27.9 Å². The number of benzene rings is 3. The highest BCUT2D eigenvalue weighted by molar-refractivity contribution is 8.77. The van der Waals surface area contributed by atoms with Crippen LogP contribution in [0.2, 0.25) is 0 Å². The average Bonchev–Trinajstić information content (AvgIpc) is 3.82. The second-order valence-corrected chi connectivity index (χ2v) is 22.6. The Morgan fingerprint density at radius 1 is 0.769 bits per heavy atom. The number of hydrogen-bond acceptors (Lipinski definition) is 15. The van der Waals surface area contributed by atoms with Crippen LogP contribution in [0.4, 0.5) is 0 Å². The van der Waals surface area contributed by atoms with Gasteiger partial charge in [0.05, 0.1) is 18.2 Å². The molecule has 5 rings (SSSR count). The van der Waals surface area contributed by atoms with Crippen LogP contribution in [0.15, 0.2) is 90.1 Å². The van der Waals surface area contributed by atoms with Crippen molar-refractivity contribution in [3.63, 3.8) is 0 Å². The van der Waals surface area contributed by atoms with Gasteiger partial charge in [0.2, 0.25) is 47.3 Å². The van der Waals surface area contributed by atoms with Crippen molar-refractivity contribution in [1.29, 1.82) is 0 Å². The third-order valence-electron chi connectivity index (χ3n) is 13.0. The Morgan fingerprint density at radius 3 is 2.00 bits per heavy atom. The van der Waals surface area contributed by atoms with Crippen molar-refractivity contribution in [2.45, 2.75) is 132 Å². The molecule has 1 fully saturated rings. The van der Waals surface area contributed by atoms with Crippen molar-refractivity contribution in [1.82, 2.24) is 42.2 Å². The van der Waals surface area contributed by atoms with Gasteiger partial charge in [-0.1, -0.05) is 89.2 Å². The fourth-order valence-corrected chi connectivity index (χ4v) is 11.3. The first-order valence-corrected chi connectivity index (χ1v) is 27.5. The smallest absolute Gasteiger partial charge is 0.245 e. The van der Waals surface area contributed by atoms with Crippen LogP contribution in [0.5, 0.6) is 5.75 Å². The van der Waals surface area contributed by atoms with Gasteiger partial charge in [-0.3, -0.25) is 43.3 Å². The predicted octanol–water partition coefficient (Wildman–Crippen LogP) is -1.34. The van der Waals surface area contributed by atoms with Crippen LogP contribution in [0.25, 0.3) is 10.9 Å². The number of H-pyrrole nitrogens is 1. The van der Waals surface area contributed by atoms with E-state index in [1.807, 2.05) is 6.07 Å². The lowest BCUT2D eigenvalue weighted by Crippen LogP contribution is -2.65. The van der Waals surface area contributed by atoms with Crippen LogP contribution >= 0.6 is 21.6 Å². The van der Waals surface area contributed by atoms with Crippen molar-refractivity contribution >= 4 is 85.7 Å². The molecule has 1 saturated heterocycles. The lowest BCUT2D eigenvalue weighted by molar-refractivity contribution is -0.137. The zero-order valence-corrected chi connectivity index (χ0v) is 45.5. The lowest BCUT2D eigenvalue weighted by Gasteiger charge is -2.36.